The number of imidazole rings is 1. The van der Waals surface area contributed by atoms with Crippen LogP contribution in [0.3, 0.4) is 0 Å². The van der Waals surface area contributed by atoms with Crippen molar-refractivity contribution in [1.82, 2.24) is 24.8 Å². The Hall–Kier alpha value is -2.34. The predicted octanol–water partition coefficient (Wildman–Crippen LogP) is 2.39. The molecular formula is C16H18ClN5O. The van der Waals surface area contributed by atoms with Gasteiger partial charge >= 0.3 is 0 Å². The van der Waals surface area contributed by atoms with Crippen LogP contribution in [-0.4, -0.2) is 32.0 Å². The highest BCUT2D eigenvalue weighted by Crippen LogP contribution is 2.25. The molecule has 0 aliphatic heterocycles. The average Bonchev–Trinajstić information content (AvgIpc) is 3.07. The summed E-state index contributed by atoms with van der Waals surface area (Å²) in [5.74, 6) is -0.0414. The normalized spacial score (nSPS) is 11.1. The van der Waals surface area contributed by atoms with E-state index in [1.165, 1.54) is 0 Å². The molecule has 0 atom stereocenters. The van der Waals surface area contributed by atoms with Crippen LogP contribution in [-0.2, 0) is 17.8 Å². The molecule has 3 heterocycles. The Balaban J connectivity index is 1.60. The molecule has 2 N–H and O–H groups in total. The first kappa shape index (κ1) is 15.6. The summed E-state index contributed by atoms with van der Waals surface area (Å²) in [7, 11) is 0. The number of halogens is 1. The summed E-state index contributed by atoms with van der Waals surface area (Å²) in [5.41, 5.74) is 3.68. The first-order valence-corrected chi connectivity index (χ1v) is 7.79. The van der Waals surface area contributed by atoms with Crippen LogP contribution >= 0.6 is 11.6 Å². The van der Waals surface area contributed by atoms with E-state index in [1.807, 2.05) is 18.4 Å². The minimum absolute atomic E-state index is 0.0414. The van der Waals surface area contributed by atoms with Crippen molar-refractivity contribution in [3.63, 3.8) is 0 Å². The number of hydrogen-bond donors (Lipinski definition) is 2. The number of carbonyl (C=O) groups is 1. The van der Waals surface area contributed by atoms with Crippen molar-refractivity contribution in [2.45, 2.75) is 26.8 Å². The van der Waals surface area contributed by atoms with Crippen molar-refractivity contribution in [3.05, 3.63) is 46.8 Å². The Kier molecular flexibility index (Phi) is 4.34. The van der Waals surface area contributed by atoms with Crippen molar-refractivity contribution in [2.75, 3.05) is 6.54 Å². The quantitative estimate of drug-likeness (QED) is 0.753. The second-order valence-corrected chi connectivity index (χ2v) is 5.87. The molecule has 6 nitrogen and oxygen atoms in total. The number of amides is 1. The zero-order valence-corrected chi connectivity index (χ0v) is 13.8. The molecule has 3 aromatic heterocycles. The number of aromatic nitrogens is 4. The highest BCUT2D eigenvalue weighted by molar-refractivity contribution is 6.35. The molecule has 120 valence electrons. The van der Waals surface area contributed by atoms with Crippen LogP contribution in [0.25, 0.3) is 11.0 Å². The Bertz CT molecular complexity index is 851. The summed E-state index contributed by atoms with van der Waals surface area (Å²) in [5, 5.41) is 4.34. The van der Waals surface area contributed by atoms with Crippen molar-refractivity contribution < 1.29 is 4.79 Å². The topological polar surface area (TPSA) is 75.6 Å². The van der Waals surface area contributed by atoms with E-state index in [0.717, 1.165) is 22.3 Å². The van der Waals surface area contributed by atoms with Gasteiger partial charge in [-0.2, -0.15) is 0 Å². The Morgan fingerprint density at radius 2 is 2.22 bits per heavy atom. The maximum atomic E-state index is 12.1. The van der Waals surface area contributed by atoms with Gasteiger partial charge < -0.3 is 14.9 Å². The zero-order chi connectivity index (χ0) is 16.4. The number of carbonyl (C=O) groups excluding carboxylic acids is 1. The lowest BCUT2D eigenvalue weighted by Crippen LogP contribution is -2.28. The van der Waals surface area contributed by atoms with Gasteiger partial charge in [0.25, 0.3) is 0 Å². The van der Waals surface area contributed by atoms with E-state index in [-0.39, 0.29) is 12.3 Å². The van der Waals surface area contributed by atoms with Gasteiger partial charge in [-0.3, -0.25) is 4.79 Å². The highest BCUT2D eigenvalue weighted by atomic mass is 35.5. The number of nitrogens with one attached hydrogen (secondary N) is 2. The largest absolute Gasteiger partial charge is 0.354 e. The average molecular weight is 332 g/mol. The number of aromatic amines is 1. The third-order valence-electron chi connectivity index (χ3n) is 3.98. The van der Waals surface area contributed by atoms with Gasteiger partial charge in [0.1, 0.15) is 5.65 Å². The number of nitrogens with zero attached hydrogens (tertiary/aromatic N) is 3. The lowest BCUT2D eigenvalue weighted by Gasteiger charge is -2.07. The molecule has 0 radical (unpaired) electrons. The molecule has 0 saturated heterocycles. The number of aryl methyl sites for hydroxylation is 1. The van der Waals surface area contributed by atoms with Crippen LogP contribution in [0.1, 0.15) is 17.0 Å². The van der Waals surface area contributed by atoms with E-state index in [0.29, 0.717) is 23.8 Å². The van der Waals surface area contributed by atoms with Gasteiger partial charge in [-0.05, 0) is 25.5 Å². The molecule has 7 heteroatoms. The second kappa shape index (κ2) is 6.42. The lowest BCUT2D eigenvalue weighted by molar-refractivity contribution is -0.120. The number of pyridine rings is 1. The standard InChI is InChI=1S/C16H18ClN5O/c1-10-11(2)22(9-21-10)6-5-18-14(23)7-12-8-20-16-15(12)13(17)3-4-19-16/h3-4,8-9H,5-7H2,1-2H3,(H,18,23)(H,19,20). The number of hydrogen-bond acceptors (Lipinski definition) is 3. The van der Waals surface area contributed by atoms with Crippen LogP contribution in [0.5, 0.6) is 0 Å². The molecule has 23 heavy (non-hydrogen) atoms. The van der Waals surface area contributed by atoms with Crippen LogP contribution in [0.4, 0.5) is 0 Å². The van der Waals surface area contributed by atoms with E-state index in [4.69, 9.17) is 11.6 Å². The molecule has 0 aliphatic rings. The molecule has 0 saturated carbocycles. The van der Waals surface area contributed by atoms with Crippen molar-refractivity contribution in [1.29, 1.82) is 0 Å². The number of fused-ring (bicyclic) bond motifs is 1. The summed E-state index contributed by atoms with van der Waals surface area (Å²) in [6.45, 7) is 5.25. The minimum Gasteiger partial charge on any atom is -0.354 e. The van der Waals surface area contributed by atoms with Crippen molar-refractivity contribution >= 4 is 28.5 Å². The molecule has 1 amide bonds. The first-order chi connectivity index (χ1) is 11.1. The van der Waals surface area contributed by atoms with Gasteiger partial charge in [-0.15, -0.1) is 0 Å². The smallest absolute Gasteiger partial charge is 0.224 e. The van der Waals surface area contributed by atoms with Gasteiger partial charge in [-0.1, -0.05) is 11.6 Å². The van der Waals surface area contributed by atoms with Crippen LogP contribution in [0.2, 0.25) is 5.02 Å². The summed E-state index contributed by atoms with van der Waals surface area (Å²) in [4.78, 5) is 23.6. The van der Waals surface area contributed by atoms with Gasteiger partial charge in [0.05, 0.1) is 23.5 Å². The summed E-state index contributed by atoms with van der Waals surface area (Å²) >= 11 is 6.19. The number of rotatable bonds is 5. The molecule has 0 spiro atoms. The first-order valence-electron chi connectivity index (χ1n) is 7.41. The van der Waals surface area contributed by atoms with E-state index >= 15 is 0 Å². The monoisotopic (exact) mass is 331 g/mol. The van der Waals surface area contributed by atoms with Gasteiger partial charge in [0.2, 0.25) is 5.91 Å². The Morgan fingerprint density at radius 1 is 1.39 bits per heavy atom. The predicted molar refractivity (Wildman–Crippen MR) is 89.5 cm³/mol. The molecule has 0 aliphatic carbocycles. The van der Waals surface area contributed by atoms with E-state index < -0.39 is 0 Å². The van der Waals surface area contributed by atoms with Gasteiger partial charge in [0.15, 0.2) is 0 Å². The van der Waals surface area contributed by atoms with Gasteiger partial charge in [0, 0.05) is 36.6 Å². The SMILES string of the molecule is Cc1ncn(CCNC(=O)Cc2c[nH]c3nccc(Cl)c23)c1C. The van der Waals surface area contributed by atoms with Crippen molar-refractivity contribution in [2.24, 2.45) is 0 Å². The van der Waals surface area contributed by atoms with E-state index in [9.17, 15) is 4.79 Å². The van der Waals surface area contributed by atoms with Crippen LogP contribution < -0.4 is 5.32 Å². The molecule has 0 unspecified atom stereocenters. The fraction of sp³-hybridized carbons (Fsp3) is 0.312. The zero-order valence-electron chi connectivity index (χ0n) is 13.1. The minimum atomic E-state index is -0.0414. The van der Waals surface area contributed by atoms with E-state index in [2.05, 4.69) is 20.3 Å². The maximum absolute atomic E-state index is 12.1. The molecular weight excluding hydrogens is 314 g/mol. The number of H-pyrrole nitrogens is 1. The summed E-state index contributed by atoms with van der Waals surface area (Å²) in [6, 6.07) is 1.73. The lowest BCUT2D eigenvalue weighted by atomic mass is 10.1. The fourth-order valence-corrected chi connectivity index (χ4v) is 2.81. The molecule has 0 bridgehead atoms. The summed E-state index contributed by atoms with van der Waals surface area (Å²) in [6.07, 6.45) is 5.49. The van der Waals surface area contributed by atoms with Gasteiger partial charge in [-0.25, -0.2) is 9.97 Å². The van der Waals surface area contributed by atoms with Crippen LogP contribution in [0.15, 0.2) is 24.8 Å². The van der Waals surface area contributed by atoms with Crippen molar-refractivity contribution in [3.8, 4) is 0 Å². The molecule has 0 aromatic carbocycles. The summed E-state index contributed by atoms with van der Waals surface area (Å²) < 4.78 is 2.03. The second-order valence-electron chi connectivity index (χ2n) is 5.47. The third-order valence-corrected chi connectivity index (χ3v) is 4.29. The Morgan fingerprint density at radius 3 is 2.96 bits per heavy atom. The molecule has 3 aromatic rings. The van der Waals surface area contributed by atoms with E-state index in [1.54, 1.807) is 24.8 Å². The fourth-order valence-electron chi connectivity index (χ4n) is 2.54. The Labute approximate surface area is 138 Å². The van der Waals surface area contributed by atoms with Crippen LogP contribution in [0, 0.1) is 13.8 Å². The molecule has 0 fully saturated rings. The maximum Gasteiger partial charge on any atom is 0.224 e. The highest BCUT2D eigenvalue weighted by Gasteiger charge is 2.12. The third kappa shape index (κ3) is 3.22. The molecule has 3 rings (SSSR count).